The summed E-state index contributed by atoms with van der Waals surface area (Å²) in [4.78, 5) is 36.3. The molecule has 0 atom stereocenters. The van der Waals surface area contributed by atoms with E-state index in [0.29, 0.717) is 22.4 Å². The van der Waals surface area contributed by atoms with Crippen LogP contribution in [0, 0.1) is 0 Å². The molecule has 0 aromatic heterocycles. The van der Waals surface area contributed by atoms with E-state index < -0.39 is 0 Å². The van der Waals surface area contributed by atoms with Crippen molar-refractivity contribution >= 4 is 23.3 Å². The highest BCUT2D eigenvalue weighted by Gasteiger charge is 2.17. The first-order valence-corrected chi connectivity index (χ1v) is 9.36. The number of carbonyl (C=O) groups is 3. The van der Waals surface area contributed by atoms with Crippen molar-refractivity contribution in [1.29, 1.82) is 0 Å². The van der Waals surface area contributed by atoms with Crippen LogP contribution in [-0.4, -0.2) is 23.6 Å². The van der Waals surface area contributed by atoms with Crippen molar-refractivity contribution in [1.82, 2.24) is 5.32 Å². The Balaban J connectivity index is 1.65. The van der Waals surface area contributed by atoms with Gasteiger partial charge in [-0.3, -0.25) is 14.4 Å². The van der Waals surface area contributed by atoms with Gasteiger partial charge >= 0.3 is 0 Å². The van der Waals surface area contributed by atoms with E-state index in [0.717, 1.165) is 25.7 Å². The van der Waals surface area contributed by atoms with Crippen LogP contribution in [0.1, 0.15) is 70.1 Å². The average molecular weight is 364 g/mol. The summed E-state index contributed by atoms with van der Waals surface area (Å²) in [6, 6.07) is 13.7. The maximum Gasteiger partial charge on any atom is 0.255 e. The third-order valence-corrected chi connectivity index (χ3v) is 4.88. The minimum atomic E-state index is -0.294. The van der Waals surface area contributed by atoms with Crippen LogP contribution in [0.2, 0.25) is 0 Å². The van der Waals surface area contributed by atoms with E-state index in [2.05, 4.69) is 10.6 Å². The molecule has 27 heavy (non-hydrogen) atoms. The van der Waals surface area contributed by atoms with Gasteiger partial charge in [0.1, 0.15) is 0 Å². The molecule has 140 valence electrons. The molecule has 0 radical (unpaired) electrons. The van der Waals surface area contributed by atoms with Crippen molar-refractivity contribution in [2.24, 2.45) is 0 Å². The minimum absolute atomic E-state index is 0.0236. The van der Waals surface area contributed by atoms with Crippen molar-refractivity contribution < 1.29 is 14.4 Å². The molecule has 0 heterocycles. The molecule has 2 amide bonds. The van der Waals surface area contributed by atoms with Gasteiger partial charge in [-0.2, -0.15) is 0 Å². The number of amides is 2. The van der Waals surface area contributed by atoms with Crippen LogP contribution in [0.4, 0.5) is 5.69 Å². The molecular weight excluding hydrogens is 340 g/mol. The predicted molar refractivity (Wildman–Crippen MR) is 105 cm³/mol. The van der Waals surface area contributed by atoms with Crippen LogP contribution in [0.5, 0.6) is 0 Å². The molecule has 1 aliphatic carbocycles. The zero-order chi connectivity index (χ0) is 19.2. The molecule has 1 fully saturated rings. The average Bonchev–Trinajstić information content (AvgIpc) is 2.69. The number of Topliss-reactive ketones (excluding diaryl/α,β-unsaturated/α-hetero) is 1. The Morgan fingerprint density at radius 2 is 1.44 bits per heavy atom. The fourth-order valence-corrected chi connectivity index (χ4v) is 3.31. The molecule has 0 unspecified atom stereocenters. The fraction of sp³-hybridized carbons (Fsp3) is 0.318. The number of nitrogens with one attached hydrogen (secondary N) is 2. The Morgan fingerprint density at radius 1 is 0.815 bits per heavy atom. The molecule has 5 nitrogen and oxygen atoms in total. The summed E-state index contributed by atoms with van der Waals surface area (Å²) in [7, 11) is 0. The van der Waals surface area contributed by atoms with Gasteiger partial charge in [0.15, 0.2) is 5.78 Å². The molecule has 3 rings (SSSR count). The smallest absolute Gasteiger partial charge is 0.255 e. The van der Waals surface area contributed by atoms with Gasteiger partial charge in [-0.05, 0) is 62.2 Å². The lowest BCUT2D eigenvalue weighted by Crippen LogP contribution is -2.36. The van der Waals surface area contributed by atoms with E-state index in [1.807, 2.05) is 0 Å². The van der Waals surface area contributed by atoms with Gasteiger partial charge < -0.3 is 10.6 Å². The Kier molecular flexibility index (Phi) is 6.01. The van der Waals surface area contributed by atoms with Crippen molar-refractivity contribution in [3.05, 3.63) is 65.2 Å². The van der Waals surface area contributed by atoms with Crippen LogP contribution in [0.25, 0.3) is 0 Å². The molecule has 2 aromatic rings. The van der Waals surface area contributed by atoms with Crippen LogP contribution in [0.15, 0.2) is 48.5 Å². The van der Waals surface area contributed by atoms with Crippen LogP contribution in [-0.2, 0) is 0 Å². The lowest BCUT2D eigenvalue weighted by molar-refractivity contribution is 0.0927. The van der Waals surface area contributed by atoms with E-state index in [1.54, 1.807) is 48.5 Å². The molecule has 0 aliphatic heterocycles. The van der Waals surface area contributed by atoms with Gasteiger partial charge in [0.25, 0.3) is 11.8 Å². The summed E-state index contributed by atoms with van der Waals surface area (Å²) >= 11 is 0. The molecule has 2 aromatic carbocycles. The van der Waals surface area contributed by atoms with Crippen LogP contribution < -0.4 is 10.6 Å². The molecule has 0 saturated heterocycles. The Morgan fingerprint density at radius 3 is 2.07 bits per heavy atom. The summed E-state index contributed by atoms with van der Waals surface area (Å²) in [5.74, 6) is -0.454. The number of rotatable bonds is 5. The number of anilines is 1. The quantitative estimate of drug-likeness (QED) is 0.781. The molecule has 0 spiro atoms. The number of hydrogen-bond donors (Lipinski definition) is 2. The first-order chi connectivity index (χ1) is 13.0. The minimum Gasteiger partial charge on any atom is -0.349 e. The maximum absolute atomic E-state index is 12.5. The predicted octanol–water partition coefficient (Wildman–Crippen LogP) is 4.20. The van der Waals surface area contributed by atoms with E-state index in [4.69, 9.17) is 0 Å². The first-order valence-electron chi connectivity index (χ1n) is 9.36. The topological polar surface area (TPSA) is 75.3 Å². The van der Waals surface area contributed by atoms with E-state index in [-0.39, 0.29) is 23.6 Å². The summed E-state index contributed by atoms with van der Waals surface area (Å²) in [5, 5.41) is 5.86. The maximum atomic E-state index is 12.5. The van der Waals surface area contributed by atoms with Crippen molar-refractivity contribution in [3.8, 4) is 0 Å². The third kappa shape index (κ3) is 5.03. The third-order valence-electron chi connectivity index (χ3n) is 4.88. The lowest BCUT2D eigenvalue weighted by atomic mass is 9.95. The molecule has 5 heteroatoms. The summed E-state index contributed by atoms with van der Waals surface area (Å²) in [6.45, 7) is 1.50. The highest BCUT2D eigenvalue weighted by atomic mass is 16.2. The second-order valence-electron chi connectivity index (χ2n) is 6.98. The van der Waals surface area contributed by atoms with E-state index >= 15 is 0 Å². The first kappa shape index (κ1) is 18.8. The van der Waals surface area contributed by atoms with Gasteiger partial charge in [0, 0.05) is 28.4 Å². The van der Waals surface area contributed by atoms with Crippen LogP contribution >= 0.6 is 0 Å². The van der Waals surface area contributed by atoms with E-state index in [9.17, 15) is 14.4 Å². The number of carbonyl (C=O) groups excluding carboxylic acids is 3. The second-order valence-corrected chi connectivity index (χ2v) is 6.98. The largest absolute Gasteiger partial charge is 0.349 e. The monoisotopic (exact) mass is 364 g/mol. The zero-order valence-corrected chi connectivity index (χ0v) is 15.5. The molecule has 2 N–H and O–H groups in total. The summed E-state index contributed by atoms with van der Waals surface area (Å²) < 4.78 is 0. The summed E-state index contributed by atoms with van der Waals surface area (Å²) in [5.41, 5.74) is 2.10. The van der Waals surface area contributed by atoms with Crippen molar-refractivity contribution in [2.45, 2.75) is 45.1 Å². The number of benzene rings is 2. The molecule has 1 saturated carbocycles. The van der Waals surface area contributed by atoms with Crippen molar-refractivity contribution in [2.75, 3.05) is 5.32 Å². The van der Waals surface area contributed by atoms with Gasteiger partial charge in [-0.15, -0.1) is 0 Å². The van der Waals surface area contributed by atoms with E-state index in [1.165, 1.54) is 13.3 Å². The Bertz CT molecular complexity index is 837. The lowest BCUT2D eigenvalue weighted by Gasteiger charge is -2.22. The van der Waals surface area contributed by atoms with Gasteiger partial charge in [-0.1, -0.05) is 25.3 Å². The number of hydrogen-bond acceptors (Lipinski definition) is 3. The molecule has 1 aliphatic rings. The van der Waals surface area contributed by atoms with Crippen molar-refractivity contribution in [3.63, 3.8) is 0 Å². The standard InChI is InChI=1S/C22H24N2O3/c1-15(25)16-10-12-20(13-11-16)24-22(27)18-7-5-6-17(14-18)21(26)23-19-8-3-2-4-9-19/h5-7,10-14,19H,2-4,8-9H2,1H3,(H,23,26)(H,24,27). The zero-order valence-electron chi connectivity index (χ0n) is 15.5. The van der Waals surface area contributed by atoms with Gasteiger partial charge in [-0.25, -0.2) is 0 Å². The fourth-order valence-electron chi connectivity index (χ4n) is 3.31. The van der Waals surface area contributed by atoms with Gasteiger partial charge in [0.05, 0.1) is 0 Å². The molecular formula is C22H24N2O3. The van der Waals surface area contributed by atoms with Gasteiger partial charge in [0.2, 0.25) is 0 Å². The summed E-state index contributed by atoms with van der Waals surface area (Å²) in [6.07, 6.45) is 5.56. The normalized spacial score (nSPS) is 14.4. The number of ketones is 1. The Labute approximate surface area is 159 Å². The highest BCUT2D eigenvalue weighted by Crippen LogP contribution is 2.18. The second kappa shape index (κ2) is 8.62. The van der Waals surface area contributed by atoms with Crippen LogP contribution in [0.3, 0.4) is 0 Å². The highest BCUT2D eigenvalue weighted by molar-refractivity contribution is 6.06. The SMILES string of the molecule is CC(=O)c1ccc(NC(=O)c2cccc(C(=O)NC3CCCCC3)c2)cc1. The molecule has 0 bridgehead atoms. The Hall–Kier alpha value is -2.95.